The number of hydrogen-bond acceptors (Lipinski definition) is 3. The van der Waals surface area contributed by atoms with Crippen molar-refractivity contribution in [3.05, 3.63) is 54.7 Å². The van der Waals surface area contributed by atoms with Crippen molar-refractivity contribution in [2.75, 3.05) is 22.7 Å². The van der Waals surface area contributed by atoms with Crippen LogP contribution < -0.4 is 9.62 Å². The molecule has 2 heterocycles. The van der Waals surface area contributed by atoms with Gasteiger partial charge in [0.25, 0.3) is 0 Å². The van der Waals surface area contributed by atoms with E-state index in [1.165, 1.54) is 5.69 Å². The number of aromatic nitrogens is 1. The van der Waals surface area contributed by atoms with Crippen LogP contribution >= 0.6 is 0 Å². The molecule has 3 rings (SSSR count). The fourth-order valence-corrected chi connectivity index (χ4v) is 2.01. The van der Waals surface area contributed by atoms with Crippen LogP contribution in [-0.4, -0.2) is 25.6 Å². The molecule has 0 amide bonds. The van der Waals surface area contributed by atoms with Gasteiger partial charge in [0.15, 0.2) is 0 Å². The van der Waals surface area contributed by atoms with E-state index in [0.29, 0.717) is 0 Å². The summed E-state index contributed by atoms with van der Waals surface area (Å²) < 4.78 is 0. The van der Waals surface area contributed by atoms with Crippen LogP contribution in [0.5, 0.6) is 0 Å². The van der Waals surface area contributed by atoms with Gasteiger partial charge in [0, 0.05) is 25.0 Å². The van der Waals surface area contributed by atoms with Gasteiger partial charge >= 0.3 is 7.55 Å². The molecule has 0 N–H and O–H groups in total. The second-order valence-corrected chi connectivity index (χ2v) is 4.03. The number of para-hydroxylation sites is 1. The van der Waals surface area contributed by atoms with Crippen molar-refractivity contribution in [3.8, 4) is 0 Å². The first-order valence-electron chi connectivity index (χ1n) is 5.78. The lowest BCUT2D eigenvalue weighted by Gasteiger charge is -2.18. The SMILES string of the molecule is [B]1N(c2ccccc2)CCN1c1ccccn1. The number of rotatable bonds is 2. The molecule has 4 heteroatoms. The number of hydrogen-bond donors (Lipinski definition) is 0. The van der Waals surface area contributed by atoms with Crippen molar-refractivity contribution >= 4 is 19.1 Å². The maximum absolute atomic E-state index is 4.36. The van der Waals surface area contributed by atoms with E-state index in [2.05, 4.69) is 46.4 Å². The predicted octanol–water partition coefficient (Wildman–Crippen LogP) is 1.94. The van der Waals surface area contributed by atoms with Gasteiger partial charge in [0.1, 0.15) is 5.82 Å². The highest BCUT2D eigenvalue weighted by molar-refractivity contribution is 6.48. The van der Waals surface area contributed by atoms with E-state index in [1.54, 1.807) is 0 Å². The van der Waals surface area contributed by atoms with Gasteiger partial charge in [-0.05, 0) is 24.3 Å². The molecule has 3 nitrogen and oxygen atoms in total. The molecule has 0 spiro atoms. The first kappa shape index (κ1) is 10.2. The molecule has 0 bridgehead atoms. The molecule has 0 saturated carbocycles. The van der Waals surface area contributed by atoms with E-state index in [9.17, 15) is 0 Å². The second-order valence-electron chi connectivity index (χ2n) is 4.03. The molecule has 1 radical (unpaired) electrons. The first-order chi connectivity index (χ1) is 8.43. The minimum Gasteiger partial charge on any atom is -0.397 e. The fourth-order valence-electron chi connectivity index (χ4n) is 2.01. The molecule has 0 aliphatic carbocycles. The summed E-state index contributed by atoms with van der Waals surface area (Å²) in [6.45, 7) is 1.98. The second kappa shape index (κ2) is 4.49. The lowest BCUT2D eigenvalue weighted by molar-refractivity contribution is 1.01. The lowest BCUT2D eigenvalue weighted by Crippen LogP contribution is -2.29. The van der Waals surface area contributed by atoms with E-state index in [0.717, 1.165) is 18.9 Å². The molecule has 2 aromatic rings. The molecule has 1 aliphatic heterocycles. The van der Waals surface area contributed by atoms with Crippen LogP contribution in [-0.2, 0) is 0 Å². The number of pyridine rings is 1. The van der Waals surface area contributed by atoms with Crippen LogP contribution in [0.25, 0.3) is 0 Å². The molecule has 0 unspecified atom stereocenters. The van der Waals surface area contributed by atoms with Gasteiger partial charge in [0.2, 0.25) is 0 Å². The van der Waals surface area contributed by atoms with E-state index in [1.807, 2.05) is 30.5 Å². The lowest BCUT2D eigenvalue weighted by atomic mass is 10.1. The Bertz CT molecular complexity index is 429. The molecule has 83 valence electrons. The minimum absolute atomic E-state index is 0.978. The van der Waals surface area contributed by atoms with Crippen molar-refractivity contribution < 1.29 is 0 Å². The molecule has 1 aromatic carbocycles. The summed E-state index contributed by atoms with van der Waals surface area (Å²) in [6.07, 6.45) is 1.83. The average Bonchev–Trinajstić information content (AvgIpc) is 2.90. The van der Waals surface area contributed by atoms with Crippen LogP contribution in [0.4, 0.5) is 11.5 Å². The zero-order valence-electron chi connectivity index (χ0n) is 9.53. The quantitative estimate of drug-likeness (QED) is 0.724. The van der Waals surface area contributed by atoms with Gasteiger partial charge in [-0.2, -0.15) is 0 Å². The van der Waals surface area contributed by atoms with Crippen LogP contribution in [0.1, 0.15) is 0 Å². The van der Waals surface area contributed by atoms with Gasteiger partial charge in [-0.3, -0.25) is 0 Å². The molecule has 1 aromatic heterocycles. The van der Waals surface area contributed by atoms with Gasteiger partial charge in [-0.15, -0.1) is 0 Å². The Kier molecular flexibility index (Phi) is 2.70. The molecule has 1 saturated heterocycles. The topological polar surface area (TPSA) is 19.4 Å². The van der Waals surface area contributed by atoms with Crippen molar-refractivity contribution in [2.45, 2.75) is 0 Å². The highest BCUT2D eigenvalue weighted by atomic mass is 15.3. The Morgan fingerprint density at radius 3 is 2.41 bits per heavy atom. The standard InChI is InChI=1S/C13H13BN3/c1-2-6-12(7-3-1)16-10-11-17(14-16)13-8-4-5-9-15-13/h1-9H,10-11H2. The van der Waals surface area contributed by atoms with E-state index in [4.69, 9.17) is 0 Å². The molecule has 0 atom stereocenters. The molecule has 1 fully saturated rings. The van der Waals surface area contributed by atoms with Crippen LogP contribution in [0.15, 0.2) is 54.7 Å². The third-order valence-corrected chi connectivity index (χ3v) is 2.89. The van der Waals surface area contributed by atoms with Crippen LogP contribution in [0.2, 0.25) is 0 Å². The zero-order valence-corrected chi connectivity index (χ0v) is 9.53. The third-order valence-electron chi connectivity index (χ3n) is 2.89. The third kappa shape index (κ3) is 2.11. The highest BCUT2D eigenvalue weighted by Gasteiger charge is 2.23. The average molecular weight is 222 g/mol. The zero-order chi connectivity index (χ0) is 11.5. The Morgan fingerprint density at radius 2 is 1.65 bits per heavy atom. The van der Waals surface area contributed by atoms with Crippen molar-refractivity contribution in [1.82, 2.24) is 4.98 Å². The number of nitrogens with zero attached hydrogens (tertiary/aromatic N) is 3. The Hall–Kier alpha value is -1.97. The van der Waals surface area contributed by atoms with Crippen molar-refractivity contribution in [1.29, 1.82) is 0 Å². The fraction of sp³-hybridized carbons (Fsp3) is 0.154. The monoisotopic (exact) mass is 222 g/mol. The summed E-state index contributed by atoms with van der Waals surface area (Å²) in [7, 11) is 2.12. The summed E-state index contributed by atoms with van der Waals surface area (Å²) in [5.74, 6) is 1.01. The van der Waals surface area contributed by atoms with Gasteiger partial charge in [-0.25, -0.2) is 4.98 Å². The molecular weight excluding hydrogens is 209 g/mol. The smallest absolute Gasteiger partial charge is 0.392 e. The van der Waals surface area contributed by atoms with Gasteiger partial charge in [-0.1, -0.05) is 24.3 Å². The van der Waals surface area contributed by atoms with Crippen molar-refractivity contribution in [3.63, 3.8) is 0 Å². The normalized spacial score (nSPS) is 14.8. The first-order valence-corrected chi connectivity index (χ1v) is 5.78. The Morgan fingerprint density at radius 1 is 0.882 bits per heavy atom. The van der Waals surface area contributed by atoms with Crippen molar-refractivity contribution in [2.24, 2.45) is 0 Å². The molecular formula is C13H13BN3. The summed E-state index contributed by atoms with van der Waals surface area (Å²) in [6, 6.07) is 16.4. The maximum atomic E-state index is 4.36. The minimum atomic E-state index is 0.978. The summed E-state index contributed by atoms with van der Waals surface area (Å²) >= 11 is 0. The molecule has 17 heavy (non-hydrogen) atoms. The summed E-state index contributed by atoms with van der Waals surface area (Å²) in [5, 5.41) is 0. The number of anilines is 2. The Labute approximate surface area is 102 Å². The summed E-state index contributed by atoms with van der Waals surface area (Å²) in [5.41, 5.74) is 1.23. The number of benzene rings is 1. The largest absolute Gasteiger partial charge is 0.397 e. The van der Waals surface area contributed by atoms with Crippen LogP contribution in [0.3, 0.4) is 0 Å². The van der Waals surface area contributed by atoms with E-state index in [-0.39, 0.29) is 0 Å². The Balaban J connectivity index is 1.75. The van der Waals surface area contributed by atoms with Gasteiger partial charge in [0.05, 0.1) is 0 Å². The predicted molar refractivity (Wildman–Crippen MR) is 71.1 cm³/mol. The van der Waals surface area contributed by atoms with E-state index < -0.39 is 0 Å². The highest BCUT2D eigenvalue weighted by Crippen LogP contribution is 2.19. The summed E-state index contributed by atoms with van der Waals surface area (Å²) in [4.78, 5) is 8.78. The van der Waals surface area contributed by atoms with Crippen LogP contribution in [0, 0.1) is 0 Å². The van der Waals surface area contributed by atoms with Gasteiger partial charge < -0.3 is 9.62 Å². The maximum Gasteiger partial charge on any atom is 0.392 e. The molecule has 1 aliphatic rings. The van der Waals surface area contributed by atoms with E-state index >= 15 is 0 Å².